The van der Waals surface area contributed by atoms with E-state index >= 15 is 0 Å². The molecule has 1 N–H and O–H groups in total. The Kier molecular flexibility index (Phi) is 4.46. The molecule has 1 fully saturated rings. The summed E-state index contributed by atoms with van der Waals surface area (Å²) in [5.41, 5.74) is 1.82. The minimum atomic E-state index is 0.381. The van der Waals surface area contributed by atoms with Crippen LogP contribution in [0.15, 0.2) is 18.3 Å². The Morgan fingerprint density at radius 3 is 2.74 bits per heavy atom. The van der Waals surface area contributed by atoms with E-state index in [2.05, 4.69) is 48.1 Å². The molecule has 0 bridgehead atoms. The summed E-state index contributed by atoms with van der Waals surface area (Å²) >= 11 is 0. The largest absolute Gasteiger partial charge is 0.356 e. The molecule has 1 unspecified atom stereocenters. The standard InChI is InChI=1S/C16H27N3/c1-5-16(6-2)8-10-19(12-16)15-11-14(7-9-18-15)13(3)17-4/h7,9,11,13,17H,5-6,8,10,12H2,1-4H3. The lowest BCUT2D eigenvalue weighted by molar-refractivity contribution is 0.301. The highest BCUT2D eigenvalue weighted by atomic mass is 15.2. The molecular formula is C16H27N3. The van der Waals surface area contributed by atoms with E-state index in [-0.39, 0.29) is 0 Å². The molecule has 0 spiro atoms. The van der Waals surface area contributed by atoms with E-state index in [1.807, 2.05) is 13.2 Å². The molecule has 0 saturated carbocycles. The molecule has 1 aliphatic heterocycles. The average Bonchev–Trinajstić information content (AvgIpc) is 2.92. The quantitative estimate of drug-likeness (QED) is 0.880. The van der Waals surface area contributed by atoms with E-state index in [4.69, 9.17) is 0 Å². The van der Waals surface area contributed by atoms with Gasteiger partial charge >= 0.3 is 0 Å². The zero-order chi connectivity index (χ0) is 13.9. The van der Waals surface area contributed by atoms with Crippen LogP contribution in [0.1, 0.15) is 51.6 Å². The lowest BCUT2D eigenvalue weighted by Crippen LogP contribution is -2.27. The van der Waals surface area contributed by atoms with E-state index in [9.17, 15) is 0 Å². The van der Waals surface area contributed by atoms with Crippen molar-refractivity contribution in [3.63, 3.8) is 0 Å². The van der Waals surface area contributed by atoms with Crippen LogP contribution in [0.3, 0.4) is 0 Å². The van der Waals surface area contributed by atoms with Gasteiger partial charge in [0, 0.05) is 25.3 Å². The highest BCUT2D eigenvalue weighted by molar-refractivity contribution is 5.43. The maximum atomic E-state index is 4.57. The van der Waals surface area contributed by atoms with Crippen molar-refractivity contribution in [3.05, 3.63) is 23.9 Å². The van der Waals surface area contributed by atoms with Crippen LogP contribution < -0.4 is 10.2 Å². The normalized spacial score (nSPS) is 19.7. The van der Waals surface area contributed by atoms with E-state index in [1.165, 1.54) is 24.8 Å². The van der Waals surface area contributed by atoms with Gasteiger partial charge in [-0.1, -0.05) is 13.8 Å². The Labute approximate surface area is 117 Å². The Morgan fingerprint density at radius 2 is 2.16 bits per heavy atom. The zero-order valence-electron chi connectivity index (χ0n) is 12.7. The van der Waals surface area contributed by atoms with Crippen LogP contribution in [0.25, 0.3) is 0 Å². The highest BCUT2D eigenvalue weighted by Crippen LogP contribution is 2.38. The summed E-state index contributed by atoms with van der Waals surface area (Å²) in [6.45, 7) is 9.13. The first-order valence-electron chi connectivity index (χ1n) is 7.52. The van der Waals surface area contributed by atoms with Crippen LogP contribution in [0, 0.1) is 5.41 Å². The first-order valence-corrected chi connectivity index (χ1v) is 7.52. The van der Waals surface area contributed by atoms with Gasteiger partial charge in [0.25, 0.3) is 0 Å². The molecule has 2 rings (SSSR count). The molecule has 0 radical (unpaired) electrons. The van der Waals surface area contributed by atoms with Crippen LogP contribution >= 0.6 is 0 Å². The minimum absolute atomic E-state index is 0.381. The fourth-order valence-corrected chi connectivity index (χ4v) is 3.00. The number of nitrogens with zero attached hydrogens (tertiary/aromatic N) is 2. The molecular weight excluding hydrogens is 234 g/mol. The third-order valence-corrected chi connectivity index (χ3v) is 4.96. The van der Waals surface area contributed by atoms with E-state index < -0.39 is 0 Å². The van der Waals surface area contributed by atoms with Crippen LogP contribution in [-0.2, 0) is 0 Å². The predicted molar refractivity (Wildman–Crippen MR) is 81.6 cm³/mol. The van der Waals surface area contributed by atoms with Crippen molar-refractivity contribution >= 4 is 5.82 Å². The van der Waals surface area contributed by atoms with Crippen molar-refractivity contribution in [3.8, 4) is 0 Å². The lowest BCUT2D eigenvalue weighted by atomic mass is 9.82. The zero-order valence-corrected chi connectivity index (χ0v) is 12.7. The van der Waals surface area contributed by atoms with Crippen molar-refractivity contribution in [2.75, 3.05) is 25.0 Å². The van der Waals surface area contributed by atoms with Gasteiger partial charge in [-0.2, -0.15) is 0 Å². The summed E-state index contributed by atoms with van der Waals surface area (Å²) in [6.07, 6.45) is 5.78. The Morgan fingerprint density at radius 1 is 1.42 bits per heavy atom. The smallest absolute Gasteiger partial charge is 0.128 e. The molecule has 1 aromatic heterocycles. The molecule has 0 aromatic carbocycles. The number of pyridine rings is 1. The van der Waals surface area contributed by atoms with E-state index in [1.54, 1.807) is 0 Å². The van der Waals surface area contributed by atoms with Crippen molar-refractivity contribution in [2.24, 2.45) is 5.41 Å². The predicted octanol–water partition coefficient (Wildman–Crippen LogP) is 3.38. The SMILES string of the molecule is CCC1(CC)CCN(c2cc(C(C)NC)ccn2)C1. The molecule has 3 heteroatoms. The van der Waals surface area contributed by atoms with Gasteiger partial charge in [-0.05, 0) is 56.3 Å². The van der Waals surface area contributed by atoms with Gasteiger partial charge in [0.1, 0.15) is 5.82 Å². The van der Waals surface area contributed by atoms with Crippen molar-refractivity contribution in [2.45, 2.75) is 46.1 Å². The van der Waals surface area contributed by atoms with Crippen LogP contribution in [0.4, 0.5) is 5.82 Å². The number of aromatic nitrogens is 1. The van der Waals surface area contributed by atoms with E-state index in [0.29, 0.717) is 11.5 Å². The third kappa shape index (κ3) is 2.92. The van der Waals surface area contributed by atoms with E-state index in [0.717, 1.165) is 18.9 Å². The second-order valence-corrected chi connectivity index (χ2v) is 5.84. The maximum absolute atomic E-state index is 4.57. The number of hydrogen-bond donors (Lipinski definition) is 1. The van der Waals surface area contributed by atoms with Gasteiger partial charge in [0.2, 0.25) is 0 Å². The average molecular weight is 261 g/mol. The summed E-state index contributed by atoms with van der Waals surface area (Å²) in [7, 11) is 2.00. The molecule has 3 nitrogen and oxygen atoms in total. The Balaban J connectivity index is 2.15. The summed E-state index contributed by atoms with van der Waals surface area (Å²) in [5.74, 6) is 1.14. The molecule has 1 aliphatic rings. The van der Waals surface area contributed by atoms with Crippen molar-refractivity contribution in [1.82, 2.24) is 10.3 Å². The molecule has 0 amide bonds. The molecule has 1 saturated heterocycles. The van der Waals surface area contributed by atoms with Crippen LogP contribution in [0.2, 0.25) is 0 Å². The summed E-state index contributed by atoms with van der Waals surface area (Å²) in [4.78, 5) is 7.03. The Bertz CT molecular complexity index is 412. The minimum Gasteiger partial charge on any atom is -0.356 e. The highest BCUT2D eigenvalue weighted by Gasteiger charge is 2.35. The topological polar surface area (TPSA) is 28.2 Å². The van der Waals surface area contributed by atoms with Crippen LogP contribution in [0.5, 0.6) is 0 Å². The first kappa shape index (κ1) is 14.3. The molecule has 2 heterocycles. The van der Waals surface area contributed by atoms with Gasteiger partial charge < -0.3 is 10.2 Å². The summed E-state index contributed by atoms with van der Waals surface area (Å²) in [6, 6.07) is 4.72. The van der Waals surface area contributed by atoms with Gasteiger partial charge in [0.05, 0.1) is 0 Å². The molecule has 19 heavy (non-hydrogen) atoms. The van der Waals surface area contributed by atoms with Gasteiger partial charge in [-0.25, -0.2) is 4.98 Å². The van der Waals surface area contributed by atoms with Crippen LogP contribution in [-0.4, -0.2) is 25.1 Å². The second kappa shape index (κ2) is 5.91. The maximum Gasteiger partial charge on any atom is 0.128 e. The molecule has 1 aromatic rings. The summed E-state index contributed by atoms with van der Waals surface area (Å²) < 4.78 is 0. The number of anilines is 1. The molecule has 106 valence electrons. The molecule has 1 atom stereocenters. The second-order valence-electron chi connectivity index (χ2n) is 5.84. The number of rotatable bonds is 5. The van der Waals surface area contributed by atoms with Gasteiger partial charge in [0.15, 0.2) is 0 Å². The molecule has 0 aliphatic carbocycles. The fourth-order valence-electron chi connectivity index (χ4n) is 3.00. The third-order valence-electron chi connectivity index (χ3n) is 4.96. The first-order chi connectivity index (χ1) is 9.14. The number of hydrogen-bond acceptors (Lipinski definition) is 3. The number of nitrogens with one attached hydrogen (secondary N) is 1. The Hall–Kier alpha value is -1.09. The van der Waals surface area contributed by atoms with Crippen molar-refractivity contribution < 1.29 is 0 Å². The van der Waals surface area contributed by atoms with Crippen molar-refractivity contribution in [1.29, 1.82) is 0 Å². The summed E-state index contributed by atoms with van der Waals surface area (Å²) in [5, 5.41) is 3.29. The van der Waals surface area contributed by atoms with Gasteiger partial charge in [-0.3, -0.25) is 0 Å². The fraction of sp³-hybridized carbons (Fsp3) is 0.688. The lowest BCUT2D eigenvalue weighted by Gasteiger charge is -2.27. The monoisotopic (exact) mass is 261 g/mol. The van der Waals surface area contributed by atoms with Gasteiger partial charge in [-0.15, -0.1) is 0 Å².